The molecule has 2 aromatic heterocycles. The molecule has 1 aromatic carbocycles. The molecule has 0 amide bonds. The summed E-state index contributed by atoms with van der Waals surface area (Å²) in [7, 11) is 0. The molecule has 8 heteroatoms. The number of anilines is 2. The van der Waals surface area contributed by atoms with E-state index < -0.39 is 6.61 Å². The number of ether oxygens (including phenoxy) is 1. The first-order chi connectivity index (χ1) is 15.6. The number of pyridine rings is 2. The van der Waals surface area contributed by atoms with Crippen molar-refractivity contribution in [2.24, 2.45) is 0 Å². The number of benzene rings is 1. The Morgan fingerprint density at radius 3 is 2.53 bits per heavy atom. The number of nitrogens with one attached hydrogen (secondary N) is 2. The van der Waals surface area contributed by atoms with E-state index in [4.69, 9.17) is 11.6 Å². The Hall–Kier alpha value is -2.93. The van der Waals surface area contributed by atoms with Gasteiger partial charge in [0.15, 0.2) is 0 Å². The molecule has 0 atom stereocenters. The van der Waals surface area contributed by atoms with Crippen LogP contribution in [0.15, 0.2) is 54.9 Å². The van der Waals surface area contributed by atoms with E-state index in [2.05, 4.69) is 25.3 Å². The summed E-state index contributed by atoms with van der Waals surface area (Å²) in [6.45, 7) is -2.34. The third kappa shape index (κ3) is 6.07. The molecule has 0 unspecified atom stereocenters. The smallest absolute Gasteiger partial charge is 0.387 e. The summed E-state index contributed by atoms with van der Waals surface area (Å²) in [6, 6.07) is 12.8. The van der Waals surface area contributed by atoms with Crippen molar-refractivity contribution in [2.45, 2.75) is 51.3 Å². The molecule has 1 aliphatic rings. The number of aromatic nitrogens is 2. The third-order valence-electron chi connectivity index (χ3n) is 5.51. The highest BCUT2D eigenvalue weighted by Gasteiger charge is 2.15. The maximum Gasteiger partial charge on any atom is 0.387 e. The summed E-state index contributed by atoms with van der Waals surface area (Å²) < 4.78 is 28.9. The Labute approximate surface area is 191 Å². The van der Waals surface area contributed by atoms with Gasteiger partial charge in [-0.15, -0.1) is 0 Å². The fraction of sp³-hybridized carbons (Fsp3) is 0.333. The highest BCUT2D eigenvalue weighted by molar-refractivity contribution is 6.33. The molecule has 2 heterocycles. The molecule has 32 heavy (non-hydrogen) atoms. The van der Waals surface area contributed by atoms with Crippen LogP contribution in [0.25, 0.3) is 11.1 Å². The molecule has 5 nitrogen and oxygen atoms in total. The average Bonchev–Trinajstić information content (AvgIpc) is 2.80. The molecule has 4 rings (SSSR count). The van der Waals surface area contributed by atoms with E-state index >= 15 is 0 Å². The first-order valence-electron chi connectivity index (χ1n) is 10.7. The van der Waals surface area contributed by atoms with Crippen molar-refractivity contribution in [3.05, 3.63) is 65.4 Å². The van der Waals surface area contributed by atoms with Gasteiger partial charge in [-0.3, -0.25) is 0 Å². The van der Waals surface area contributed by atoms with Crippen LogP contribution < -0.4 is 15.4 Å². The van der Waals surface area contributed by atoms with Gasteiger partial charge < -0.3 is 15.4 Å². The Balaban J connectivity index is 1.43. The predicted molar refractivity (Wildman–Crippen MR) is 123 cm³/mol. The van der Waals surface area contributed by atoms with E-state index in [1.165, 1.54) is 31.4 Å². The summed E-state index contributed by atoms with van der Waals surface area (Å²) in [5, 5.41) is 7.37. The average molecular weight is 459 g/mol. The van der Waals surface area contributed by atoms with Crippen LogP contribution in [0.4, 0.5) is 20.4 Å². The molecular formula is C24H25ClF2N4O. The summed E-state index contributed by atoms with van der Waals surface area (Å²) in [4.78, 5) is 8.82. The highest BCUT2D eigenvalue weighted by atomic mass is 35.5. The van der Waals surface area contributed by atoms with Crippen LogP contribution in [-0.4, -0.2) is 22.6 Å². The zero-order valence-corrected chi connectivity index (χ0v) is 18.3. The molecule has 168 valence electrons. The molecule has 1 fully saturated rings. The van der Waals surface area contributed by atoms with Gasteiger partial charge in [-0.05, 0) is 54.3 Å². The lowest BCUT2D eigenvalue weighted by Gasteiger charge is -2.23. The highest BCUT2D eigenvalue weighted by Crippen LogP contribution is 2.31. The zero-order chi connectivity index (χ0) is 22.3. The van der Waals surface area contributed by atoms with Crippen molar-refractivity contribution in [3.63, 3.8) is 0 Å². The van der Waals surface area contributed by atoms with Gasteiger partial charge in [0, 0.05) is 30.5 Å². The molecule has 0 radical (unpaired) electrons. The minimum atomic E-state index is -2.83. The fourth-order valence-electron chi connectivity index (χ4n) is 3.87. The van der Waals surface area contributed by atoms with E-state index in [0.717, 1.165) is 35.3 Å². The third-order valence-corrected chi connectivity index (χ3v) is 5.81. The van der Waals surface area contributed by atoms with Crippen LogP contribution in [0.3, 0.4) is 0 Å². The van der Waals surface area contributed by atoms with Gasteiger partial charge in [0.2, 0.25) is 0 Å². The van der Waals surface area contributed by atoms with E-state index in [1.54, 1.807) is 24.5 Å². The standard InChI is InChI=1S/C24H25ClF2N4O/c25-21-15-30-23(31-18-4-2-1-3-5-18)13-20(21)17-10-11-28-22(12-17)29-14-16-6-8-19(9-7-16)32-24(26)27/h6-13,15,18,24H,1-5,14H2,(H,28,29)(H,30,31). The van der Waals surface area contributed by atoms with Crippen LogP contribution in [0.1, 0.15) is 37.7 Å². The molecule has 2 N–H and O–H groups in total. The molecular weight excluding hydrogens is 434 g/mol. The predicted octanol–water partition coefficient (Wildman–Crippen LogP) is 6.76. The summed E-state index contributed by atoms with van der Waals surface area (Å²) in [5.74, 6) is 1.65. The van der Waals surface area contributed by atoms with Gasteiger partial charge in [-0.25, -0.2) is 9.97 Å². The van der Waals surface area contributed by atoms with Gasteiger partial charge in [0.25, 0.3) is 0 Å². The van der Waals surface area contributed by atoms with Gasteiger partial charge in [-0.2, -0.15) is 8.78 Å². The molecule has 0 bridgehead atoms. The number of nitrogens with zero attached hydrogens (tertiary/aromatic N) is 2. The first-order valence-corrected chi connectivity index (χ1v) is 11.1. The number of hydrogen-bond acceptors (Lipinski definition) is 5. The molecule has 0 aliphatic heterocycles. The molecule has 0 spiro atoms. The monoisotopic (exact) mass is 458 g/mol. The van der Waals surface area contributed by atoms with Crippen LogP contribution >= 0.6 is 11.6 Å². The van der Waals surface area contributed by atoms with Crippen molar-refractivity contribution in [2.75, 3.05) is 10.6 Å². The maximum absolute atomic E-state index is 12.3. The van der Waals surface area contributed by atoms with Crippen LogP contribution in [0.2, 0.25) is 5.02 Å². The quantitative estimate of drug-likeness (QED) is 0.390. The molecule has 0 saturated heterocycles. The minimum Gasteiger partial charge on any atom is -0.435 e. The summed E-state index contributed by atoms with van der Waals surface area (Å²) in [5.41, 5.74) is 2.74. The van der Waals surface area contributed by atoms with Crippen molar-refractivity contribution >= 4 is 23.2 Å². The van der Waals surface area contributed by atoms with E-state index in [1.807, 2.05) is 18.2 Å². The number of hydrogen-bond donors (Lipinski definition) is 2. The van der Waals surface area contributed by atoms with Crippen LogP contribution in [0.5, 0.6) is 5.75 Å². The zero-order valence-electron chi connectivity index (χ0n) is 17.5. The van der Waals surface area contributed by atoms with Crippen LogP contribution in [-0.2, 0) is 6.54 Å². The van der Waals surface area contributed by atoms with E-state index in [-0.39, 0.29) is 5.75 Å². The lowest BCUT2D eigenvalue weighted by atomic mass is 9.95. The van der Waals surface area contributed by atoms with Crippen LogP contribution in [0, 0.1) is 0 Å². The van der Waals surface area contributed by atoms with Gasteiger partial charge in [-0.1, -0.05) is 43.0 Å². The van der Waals surface area contributed by atoms with E-state index in [0.29, 0.717) is 23.4 Å². The fourth-order valence-corrected chi connectivity index (χ4v) is 4.08. The maximum atomic E-state index is 12.3. The Bertz CT molecular complexity index is 1030. The minimum absolute atomic E-state index is 0.133. The largest absolute Gasteiger partial charge is 0.435 e. The number of halogens is 3. The lowest BCUT2D eigenvalue weighted by Crippen LogP contribution is -2.22. The summed E-state index contributed by atoms with van der Waals surface area (Å²) >= 11 is 6.45. The van der Waals surface area contributed by atoms with Gasteiger partial charge in [0.1, 0.15) is 17.4 Å². The second-order valence-corrected chi connectivity index (χ2v) is 8.24. The molecule has 3 aromatic rings. The molecule has 1 aliphatic carbocycles. The van der Waals surface area contributed by atoms with Crippen molar-refractivity contribution in [1.82, 2.24) is 9.97 Å². The van der Waals surface area contributed by atoms with Crippen molar-refractivity contribution < 1.29 is 13.5 Å². The van der Waals surface area contributed by atoms with E-state index in [9.17, 15) is 8.78 Å². The van der Waals surface area contributed by atoms with Crippen molar-refractivity contribution in [3.8, 4) is 16.9 Å². The SMILES string of the molecule is FC(F)Oc1ccc(CNc2cc(-c3cc(NC4CCCCC4)ncc3Cl)ccn2)cc1. The second-order valence-electron chi connectivity index (χ2n) is 7.83. The topological polar surface area (TPSA) is 59.1 Å². The Kier molecular flexibility index (Phi) is 7.37. The lowest BCUT2D eigenvalue weighted by molar-refractivity contribution is -0.0498. The summed E-state index contributed by atoms with van der Waals surface area (Å²) in [6.07, 6.45) is 9.54. The molecule has 1 saturated carbocycles. The van der Waals surface area contributed by atoms with Gasteiger partial charge >= 0.3 is 6.61 Å². The number of rotatable bonds is 8. The number of alkyl halides is 2. The normalized spacial score (nSPS) is 14.4. The second kappa shape index (κ2) is 10.6. The van der Waals surface area contributed by atoms with Crippen molar-refractivity contribution in [1.29, 1.82) is 0 Å². The van der Waals surface area contributed by atoms with Gasteiger partial charge in [0.05, 0.1) is 5.02 Å². The Morgan fingerprint density at radius 1 is 1.00 bits per heavy atom. The first kappa shape index (κ1) is 22.3. The Morgan fingerprint density at radius 2 is 1.78 bits per heavy atom.